The van der Waals surface area contributed by atoms with Crippen LogP contribution >= 0.6 is 0 Å². The van der Waals surface area contributed by atoms with E-state index in [1.807, 2.05) is 6.92 Å². The number of nitrogen functional groups attached to an aromatic ring is 1. The van der Waals surface area contributed by atoms with Gasteiger partial charge in [-0.3, -0.25) is 0 Å². The number of nitrogens with zero attached hydrogens (tertiary/aromatic N) is 1. The van der Waals surface area contributed by atoms with E-state index in [1.54, 1.807) is 0 Å². The molecule has 1 aromatic rings. The van der Waals surface area contributed by atoms with Crippen molar-refractivity contribution in [2.24, 2.45) is 5.92 Å². The third kappa shape index (κ3) is 2.13. The lowest BCUT2D eigenvalue weighted by atomic mass is 10.2. The molecule has 0 aromatic carbocycles. The zero-order chi connectivity index (χ0) is 11.9. The van der Waals surface area contributed by atoms with Gasteiger partial charge in [-0.15, -0.1) is 0 Å². The lowest BCUT2D eigenvalue weighted by Gasteiger charge is -2.11. The SMILES string of the molecule is CC(Nc1noc(N)c1S(C)(=O)=O)C1CC1. The maximum atomic E-state index is 11.5. The smallest absolute Gasteiger partial charge is 0.243 e. The number of nitrogens with two attached hydrogens (primary N) is 1. The molecule has 3 N–H and O–H groups in total. The minimum Gasteiger partial charge on any atom is -0.366 e. The molecule has 2 rings (SSSR count). The predicted octanol–water partition coefficient (Wildman–Crippen LogP) is 0.871. The third-order valence-electron chi connectivity index (χ3n) is 2.74. The van der Waals surface area contributed by atoms with Gasteiger partial charge in [0.05, 0.1) is 0 Å². The summed E-state index contributed by atoms with van der Waals surface area (Å²) >= 11 is 0. The molecule has 0 saturated heterocycles. The normalized spacial score (nSPS) is 18.4. The van der Waals surface area contributed by atoms with Crippen LogP contribution in [-0.2, 0) is 9.84 Å². The standard InChI is InChI=1S/C9H15N3O3S/c1-5(6-3-4-6)11-9-7(16(2,13)14)8(10)15-12-9/h5-6H,3-4,10H2,1-2H3,(H,11,12). The molecule has 7 heteroatoms. The van der Waals surface area contributed by atoms with Gasteiger partial charge in [0.25, 0.3) is 0 Å². The Hall–Kier alpha value is -1.24. The first-order valence-electron chi connectivity index (χ1n) is 5.11. The first-order chi connectivity index (χ1) is 7.39. The van der Waals surface area contributed by atoms with E-state index >= 15 is 0 Å². The van der Waals surface area contributed by atoms with Gasteiger partial charge >= 0.3 is 0 Å². The number of rotatable bonds is 4. The fourth-order valence-electron chi connectivity index (χ4n) is 1.67. The molecule has 1 heterocycles. The Balaban J connectivity index is 2.27. The van der Waals surface area contributed by atoms with Gasteiger partial charge in [-0.2, -0.15) is 0 Å². The zero-order valence-electron chi connectivity index (χ0n) is 9.23. The van der Waals surface area contributed by atoms with E-state index in [-0.39, 0.29) is 22.6 Å². The second-order valence-corrected chi connectivity index (χ2v) is 6.22. The maximum absolute atomic E-state index is 11.5. The van der Waals surface area contributed by atoms with Crippen LogP contribution in [0.4, 0.5) is 11.7 Å². The summed E-state index contributed by atoms with van der Waals surface area (Å²) in [7, 11) is -3.42. The van der Waals surface area contributed by atoms with Crippen LogP contribution in [0.5, 0.6) is 0 Å². The molecule has 0 spiro atoms. The highest BCUT2D eigenvalue weighted by molar-refractivity contribution is 7.91. The van der Waals surface area contributed by atoms with Gasteiger partial charge in [-0.1, -0.05) is 5.16 Å². The molecular weight excluding hydrogens is 230 g/mol. The fraction of sp³-hybridized carbons (Fsp3) is 0.667. The van der Waals surface area contributed by atoms with Gasteiger partial charge in [-0.25, -0.2) is 8.42 Å². The van der Waals surface area contributed by atoms with Crippen molar-refractivity contribution in [1.29, 1.82) is 0 Å². The topological polar surface area (TPSA) is 98.2 Å². The molecule has 0 amide bonds. The average Bonchev–Trinajstić information content (AvgIpc) is 2.90. The summed E-state index contributed by atoms with van der Waals surface area (Å²) in [5.74, 6) is 0.651. The number of sulfone groups is 1. The Morgan fingerprint density at radius 3 is 2.69 bits per heavy atom. The summed E-state index contributed by atoms with van der Waals surface area (Å²) in [6.45, 7) is 1.99. The molecule has 0 aliphatic heterocycles. The number of hydrogen-bond donors (Lipinski definition) is 2. The summed E-state index contributed by atoms with van der Waals surface area (Å²) in [6, 6.07) is 0.185. The van der Waals surface area contributed by atoms with Crippen molar-refractivity contribution < 1.29 is 12.9 Å². The lowest BCUT2D eigenvalue weighted by Crippen LogP contribution is -2.19. The van der Waals surface area contributed by atoms with Gasteiger partial charge in [0.1, 0.15) is 0 Å². The van der Waals surface area contributed by atoms with E-state index in [2.05, 4.69) is 10.5 Å². The Labute approximate surface area is 94.1 Å². The summed E-state index contributed by atoms with van der Waals surface area (Å²) in [4.78, 5) is -0.0417. The van der Waals surface area contributed by atoms with Gasteiger partial charge in [-0.05, 0) is 25.7 Å². The van der Waals surface area contributed by atoms with Crippen molar-refractivity contribution in [3.05, 3.63) is 0 Å². The van der Waals surface area contributed by atoms with Crippen LogP contribution in [0.15, 0.2) is 9.42 Å². The molecule has 0 bridgehead atoms. The predicted molar refractivity (Wildman–Crippen MR) is 59.8 cm³/mol. The van der Waals surface area contributed by atoms with Crippen molar-refractivity contribution in [2.45, 2.75) is 30.7 Å². The first-order valence-corrected chi connectivity index (χ1v) is 7.00. The van der Waals surface area contributed by atoms with Crippen molar-refractivity contribution in [1.82, 2.24) is 5.16 Å². The zero-order valence-corrected chi connectivity index (χ0v) is 10.0. The quantitative estimate of drug-likeness (QED) is 0.816. The average molecular weight is 245 g/mol. The molecule has 1 aliphatic carbocycles. The van der Waals surface area contributed by atoms with Crippen LogP contribution in [-0.4, -0.2) is 25.9 Å². The maximum Gasteiger partial charge on any atom is 0.243 e. The van der Waals surface area contributed by atoms with Gasteiger partial charge in [0.2, 0.25) is 5.88 Å². The van der Waals surface area contributed by atoms with Crippen LogP contribution < -0.4 is 11.1 Å². The Morgan fingerprint density at radius 1 is 1.56 bits per heavy atom. The Bertz CT molecular complexity index is 490. The monoisotopic (exact) mass is 245 g/mol. The largest absolute Gasteiger partial charge is 0.366 e. The molecular formula is C9H15N3O3S. The summed E-state index contributed by atoms with van der Waals surface area (Å²) in [5.41, 5.74) is 5.45. The minimum absolute atomic E-state index is 0.0417. The first kappa shape index (κ1) is 11.3. The summed E-state index contributed by atoms with van der Waals surface area (Å²) < 4.78 is 27.7. The molecule has 1 aliphatic rings. The van der Waals surface area contributed by atoms with Crippen LogP contribution in [0.3, 0.4) is 0 Å². The van der Waals surface area contributed by atoms with E-state index in [9.17, 15) is 8.42 Å². The Kier molecular flexibility index (Phi) is 2.57. The highest BCUT2D eigenvalue weighted by atomic mass is 32.2. The van der Waals surface area contributed by atoms with Crippen molar-refractivity contribution in [3.63, 3.8) is 0 Å². The lowest BCUT2D eigenvalue weighted by molar-refractivity contribution is 0.436. The molecule has 0 radical (unpaired) electrons. The van der Waals surface area contributed by atoms with Crippen molar-refractivity contribution in [2.75, 3.05) is 17.3 Å². The van der Waals surface area contributed by atoms with E-state index in [0.29, 0.717) is 5.92 Å². The highest BCUT2D eigenvalue weighted by Crippen LogP contribution is 2.35. The molecule has 1 atom stereocenters. The number of anilines is 2. The van der Waals surface area contributed by atoms with E-state index in [1.165, 1.54) is 0 Å². The van der Waals surface area contributed by atoms with Crippen LogP contribution in [0.25, 0.3) is 0 Å². The van der Waals surface area contributed by atoms with Gasteiger partial charge in [0, 0.05) is 12.3 Å². The van der Waals surface area contributed by atoms with Crippen LogP contribution in [0.2, 0.25) is 0 Å². The van der Waals surface area contributed by atoms with E-state index in [0.717, 1.165) is 19.1 Å². The molecule has 1 fully saturated rings. The van der Waals surface area contributed by atoms with Gasteiger partial charge in [0.15, 0.2) is 20.6 Å². The van der Waals surface area contributed by atoms with Crippen LogP contribution in [0.1, 0.15) is 19.8 Å². The van der Waals surface area contributed by atoms with Crippen molar-refractivity contribution >= 4 is 21.5 Å². The summed E-state index contributed by atoms with van der Waals surface area (Å²) in [5, 5.41) is 6.68. The molecule has 6 nitrogen and oxygen atoms in total. The fourth-order valence-corrected chi connectivity index (χ4v) is 2.52. The highest BCUT2D eigenvalue weighted by Gasteiger charge is 2.31. The van der Waals surface area contributed by atoms with E-state index < -0.39 is 9.84 Å². The number of nitrogens with one attached hydrogen (secondary N) is 1. The second-order valence-electron chi connectivity index (χ2n) is 4.27. The van der Waals surface area contributed by atoms with Crippen LogP contribution in [0, 0.1) is 5.92 Å². The Morgan fingerprint density at radius 2 is 2.19 bits per heavy atom. The van der Waals surface area contributed by atoms with Crippen molar-refractivity contribution in [3.8, 4) is 0 Å². The molecule has 1 aromatic heterocycles. The summed E-state index contributed by atoms with van der Waals surface area (Å²) in [6.07, 6.45) is 3.41. The molecule has 90 valence electrons. The number of aromatic nitrogens is 1. The second kappa shape index (κ2) is 3.65. The number of hydrogen-bond acceptors (Lipinski definition) is 6. The van der Waals surface area contributed by atoms with E-state index in [4.69, 9.17) is 10.3 Å². The minimum atomic E-state index is -3.42. The van der Waals surface area contributed by atoms with Gasteiger partial charge < -0.3 is 15.6 Å². The molecule has 1 saturated carbocycles. The molecule has 1 unspecified atom stereocenters. The molecule has 16 heavy (non-hydrogen) atoms. The third-order valence-corrected chi connectivity index (χ3v) is 3.87.